The summed E-state index contributed by atoms with van der Waals surface area (Å²) in [4.78, 5) is 15.4. The summed E-state index contributed by atoms with van der Waals surface area (Å²) >= 11 is 0. The Morgan fingerprint density at radius 3 is 2.43 bits per heavy atom. The third kappa shape index (κ3) is 4.72. The second kappa shape index (κ2) is 9.22. The highest BCUT2D eigenvalue weighted by atomic mass is 16.5. The molecule has 2 aromatic rings. The molecule has 1 N–H and O–H groups in total. The Bertz CT molecular complexity index is 747. The van der Waals surface area contributed by atoms with Crippen molar-refractivity contribution in [2.75, 3.05) is 19.8 Å². The average Bonchev–Trinajstić information content (AvgIpc) is 3.18. The van der Waals surface area contributed by atoms with Crippen molar-refractivity contribution < 1.29 is 14.3 Å². The maximum Gasteiger partial charge on any atom is 0.237 e. The van der Waals surface area contributed by atoms with Crippen molar-refractivity contribution in [2.45, 2.75) is 44.0 Å². The van der Waals surface area contributed by atoms with Crippen LogP contribution in [0.4, 0.5) is 0 Å². The van der Waals surface area contributed by atoms with Crippen LogP contribution in [0.3, 0.4) is 0 Å². The summed E-state index contributed by atoms with van der Waals surface area (Å²) in [5.74, 6) is 0.958. The van der Waals surface area contributed by atoms with E-state index in [0.29, 0.717) is 19.0 Å². The lowest BCUT2D eigenvalue weighted by Gasteiger charge is -2.34. The molecule has 0 aromatic heterocycles. The van der Waals surface area contributed by atoms with E-state index in [1.165, 1.54) is 0 Å². The van der Waals surface area contributed by atoms with E-state index < -0.39 is 0 Å². The van der Waals surface area contributed by atoms with E-state index in [0.717, 1.165) is 43.9 Å². The molecule has 2 aromatic carbocycles. The van der Waals surface area contributed by atoms with E-state index >= 15 is 0 Å². The minimum absolute atomic E-state index is 0.0257. The smallest absolute Gasteiger partial charge is 0.237 e. The van der Waals surface area contributed by atoms with Crippen LogP contribution in [0.5, 0.6) is 5.75 Å². The Morgan fingerprint density at radius 2 is 1.71 bits per heavy atom. The highest BCUT2D eigenvalue weighted by Crippen LogP contribution is 2.28. The minimum atomic E-state index is -0.152. The first-order chi connectivity index (χ1) is 13.8. The second-order valence-corrected chi connectivity index (χ2v) is 7.55. The van der Waals surface area contributed by atoms with E-state index in [1.807, 2.05) is 60.7 Å². The van der Waals surface area contributed by atoms with Crippen LogP contribution in [0.25, 0.3) is 0 Å². The molecule has 4 rings (SSSR count). The van der Waals surface area contributed by atoms with E-state index in [4.69, 9.17) is 9.47 Å². The number of ether oxygens (including phenoxy) is 2. The number of hydrogen-bond acceptors (Lipinski definition) is 4. The molecule has 5 nitrogen and oxygen atoms in total. The largest absolute Gasteiger partial charge is 0.489 e. The van der Waals surface area contributed by atoms with Gasteiger partial charge in [0.2, 0.25) is 5.91 Å². The van der Waals surface area contributed by atoms with Gasteiger partial charge in [-0.3, -0.25) is 9.69 Å². The van der Waals surface area contributed by atoms with Crippen LogP contribution in [0.15, 0.2) is 60.7 Å². The van der Waals surface area contributed by atoms with Crippen molar-refractivity contribution in [3.05, 3.63) is 66.2 Å². The maximum absolute atomic E-state index is 13.0. The predicted molar refractivity (Wildman–Crippen MR) is 108 cm³/mol. The first-order valence-electron chi connectivity index (χ1n) is 10.2. The summed E-state index contributed by atoms with van der Waals surface area (Å²) in [6.07, 6.45) is 2.69. The number of benzene rings is 2. The molecule has 2 heterocycles. The highest BCUT2D eigenvalue weighted by molar-refractivity contribution is 5.82. The molecule has 2 fully saturated rings. The zero-order valence-corrected chi connectivity index (χ0v) is 16.1. The average molecular weight is 380 g/mol. The van der Waals surface area contributed by atoms with Gasteiger partial charge in [-0.1, -0.05) is 48.5 Å². The Hall–Kier alpha value is -2.37. The lowest BCUT2D eigenvalue weighted by molar-refractivity contribution is -0.127. The molecule has 0 spiro atoms. The van der Waals surface area contributed by atoms with Crippen molar-refractivity contribution in [3.8, 4) is 5.75 Å². The number of likely N-dealkylation sites (tertiary alicyclic amines) is 1. The normalized spacial score (nSPS) is 23.4. The molecule has 2 saturated heterocycles. The Labute approximate surface area is 166 Å². The van der Waals surface area contributed by atoms with Crippen LogP contribution in [0, 0.1) is 0 Å². The van der Waals surface area contributed by atoms with Crippen LogP contribution in [-0.4, -0.2) is 48.8 Å². The molecule has 2 aliphatic rings. The minimum Gasteiger partial charge on any atom is -0.489 e. The van der Waals surface area contributed by atoms with Gasteiger partial charge in [0.25, 0.3) is 0 Å². The van der Waals surface area contributed by atoms with E-state index in [2.05, 4.69) is 10.2 Å². The summed E-state index contributed by atoms with van der Waals surface area (Å²) in [7, 11) is 0. The Kier molecular flexibility index (Phi) is 6.24. The highest BCUT2D eigenvalue weighted by Gasteiger charge is 2.41. The van der Waals surface area contributed by atoms with Crippen molar-refractivity contribution >= 4 is 5.91 Å². The molecule has 0 aliphatic carbocycles. The number of carbonyl (C=O) groups is 1. The number of hydrogen-bond donors (Lipinski definition) is 1. The van der Waals surface area contributed by atoms with Gasteiger partial charge in [-0.2, -0.15) is 0 Å². The molecule has 0 bridgehead atoms. The van der Waals surface area contributed by atoms with E-state index in [1.54, 1.807) is 0 Å². The first-order valence-corrected chi connectivity index (χ1v) is 10.2. The Morgan fingerprint density at radius 1 is 1.04 bits per heavy atom. The standard InChI is InChI=1S/C23H28N2O3/c26-23(24-16-18-7-3-1-4-8-18)22-15-21(28-20-9-5-2-6-10-20)17-25(22)19-11-13-27-14-12-19/h1-10,19,21-22H,11-17H2,(H,24,26)/t21-,22-/m0/s1. The summed E-state index contributed by atoms with van der Waals surface area (Å²) in [6.45, 7) is 2.87. The van der Waals surface area contributed by atoms with Crippen molar-refractivity contribution in [2.24, 2.45) is 0 Å². The topological polar surface area (TPSA) is 50.8 Å². The van der Waals surface area contributed by atoms with Gasteiger partial charge in [0.05, 0.1) is 6.04 Å². The number of para-hydroxylation sites is 1. The lowest BCUT2D eigenvalue weighted by Crippen LogP contribution is -2.49. The van der Waals surface area contributed by atoms with Gasteiger partial charge < -0.3 is 14.8 Å². The summed E-state index contributed by atoms with van der Waals surface area (Å²) < 4.78 is 11.7. The van der Waals surface area contributed by atoms with Gasteiger partial charge in [-0.05, 0) is 30.5 Å². The molecule has 0 unspecified atom stereocenters. The zero-order chi connectivity index (χ0) is 19.2. The van der Waals surface area contributed by atoms with Gasteiger partial charge in [-0.15, -0.1) is 0 Å². The van der Waals surface area contributed by atoms with Crippen molar-refractivity contribution in [1.82, 2.24) is 10.2 Å². The van der Waals surface area contributed by atoms with Gasteiger partial charge in [0.1, 0.15) is 11.9 Å². The number of nitrogens with zero attached hydrogens (tertiary/aromatic N) is 1. The first kappa shape index (κ1) is 19.0. The van der Waals surface area contributed by atoms with Crippen LogP contribution >= 0.6 is 0 Å². The molecule has 2 aliphatic heterocycles. The predicted octanol–water partition coefficient (Wildman–Crippen LogP) is 3.00. The molecule has 1 amide bonds. The van der Waals surface area contributed by atoms with E-state index in [-0.39, 0.29) is 18.1 Å². The van der Waals surface area contributed by atoms with Crippen LogP contribution < -0.4 is 10.1 Å². The van der Waals surface area contributed by atoms with Crippen LogP contribution in [0.1, 0.15) is 24.8 Å². The second-order valence-electron chi connectivity index (χ2n) is 7.55. The summed E-state index contributed by atoms with van der Waals surface area (Å²) in [6, 6.07) is 20.2. The summed E-state index contributed by atoms with van der Waals surface area (Å²) in [5, 5.41) is 3.13. The van der Waals surface area contributed by atoms with Gasteiger partial charge in [0.15, 0.2) is 0 Å². The number of amides is 1. The lowest BCUT2D eigenvalue weighted by atomic mass is 10.1. The molecule has 0 saturated carbocycles. The molecular formula is C23H28N2O3. The van der Waals surface area contributed by atoms with E-state index in [9.17, 15) is 4.79 Å². The van der Waals surface area contributed by atoms with Crippen LogP contribution in [-0.2, 0) is 16.1 Å². The molecule has 5 heteroatoms. The Balaban J connectivity index is 1.42. The summed E-state index contributed by atoms with van der Waals surface area (Å²) in [5.41, 5.74) is 1.11. The molecule has 0 radical (unpaired) electrons. The number of carbonyl (C=O) groups excluding carboxylic acids is 1. The van der Waals surface area contributed by atoms with Gasteiger partial charge in [-0.25, -0.2) is 0 Å². The molecule has 2 atom stereocenters. The number of rotatable bonds is 6. The third-order valence-corrected chi connectivity index (χ3v) is 5.62. The fourth-order valence-electron chi connectivity index (χ4n) is 4.18. The van der Waals surface area contributed by atoms with Gasteiger partial charge in [0, 0.05) is 38.8 Å². The van der Waals surface area contributed by atoms with Crippen molar-refractivity contribution in [3.63, 3.8) is 0 Å². The maximum atomic E-state index is 13.0. The molecular weight excluding hydrogens is 352 g/mol. The molecule has 28 heavy (non-hydrogen) atoms. The van der Waals surface area contributed by atoms with Gasteiger partial charge >= 0.3 is 0 Å². The quantitative estimate of drug-likeness (QED) is 0.837. The SMILES string of the molecule is O=C(NCc1ccccc1)[C@@H]1C[C@H](Oc2ccccc2)CN1C1CCOCC1. The fraction of sp³-hybridized carbons (Fsp3) is 0.435. The van der Waals surface area contributed by atoms with Crippen LogP contribution in [0.2, 0.25) is 0 Å². The fourth-order valence-corrected chi connectivity index (χ4v) is 4.18. The third-order valence-electron chi connectivity index (χ3n) is 5.62. The zero-order valence-electron chi connectivity index (χ0n) is 16.1. The van der Waals surface area contributed by atoms with Crippen molar-refractivity contribution in [1.29, 1.82) is 0 Å². The number of nitrogens with one attached hydrogen (secondary N) is 1. The molecule has 148 valence electrons. The monoisotopic (exact) mass is 380 g/mol.